The second kappa shape index (κ2) is 6.32. The Morgan fingerprint density at radius 2 is 2.25 bits per heavy atom. The molecule has 20 heavy (non-hydrogen) atoms. The van der Waals surface area contributed by atoms with Crippen molar-refractivity contribution >= 4 is 17.3 Å². The van der Waals surface area contributed by atoms with Crippen LogP contribution in [-0.4, -0.2) is 28.9 Å². The number of anilines is 1. The average Bonchev–Trinajstić information content (AvgIpc) is 2.98. The summed E-state index contributed by atoms with van der Waals surface area (Å²) in [5.74, 6) is -0.110. The van der Waals surface area contributed by atoms with Gasteiger partial charge in [0.2, 0.25) is 0 Å². The maximum Gasteiger partial charge on any atom is 0.310 e. The number of furan rings is 1. The monoisotopic (exact) mass is 276 g/mol. The number of rotatable bonds is 6. The van der Waals surface area contributed by atoms with E-state index in [9.17, 15) is 14.9 Å². The highest BCUT2D eigenvalue weighted by molar-refractivity contribution is 5.91. The minimum atomic E-state index is -0.517. The molecule has 8 heteroatoms. The van der Waals surface area contributed by atoms with Gasteiger partial charge in [0.05, 0.1) is 11.2 Å². The van der Waals surface area contributed by atoms with E-state index in [0.717, 1.165) is 0 Å². The van der Waals surface area contributed by atoms with Gasteiger partial charge < -0.3 is 15.1 Å². The van der Waals surface area contributed by atoms with Crippen molar-refractivity contribution < 1.29 is 14.1 Å². The van der Waals surface area contributed by atoms with E-state index in [-0.39, 0.29) is 17.4 Å². The molecule has 0 aliphatic heterocycles. The Bertz CT molecular complexity index is 597. The Labute approximate surface area is 114 Å². The number of pyridine rings is 1. The largest absolute Gasteiger partial charge is 0.459 e. The van der Waals surface area contributed by atoms with E-state index >= 15 is 0 Å². The van der Waals surface area contributed by atoms with Crippen LogP contribution in [0, 0.1) is 10.1 Å². The zero-order valence-electron chi connectivity index (χ0n) is 10.4. The summed E-state index contributed by atoms with van der Waals surface area (Å²) in [5, 5.41) is 16.3. The minimum absolute atomic E-state index is 0.107. The number of nitrogens with zero attached hydrogens (tertiary/aromatic N) is 2. The van der Waals surface area contributed by atoms with Gasteiger partial charge in [-0.15, -0.1) is 0 Å². The maximum atomic E-state index is 11.5. The minimum Gasteiger partial charge on any atom is -0.459 e. The number of amides is 1. The van der Waals surface area contributed by atoms with Gasteiger partial charge >= 0.3 is 5.69 Å². The Hall–Kier alpha value is -2.90. The third-order valence-electron chi connectivity index (χ3n) is 2.47. The first kappa shape index (κ1) is 13.5. The molecule has 2 aromatic rings. The van der Waals surface area contributed by atoms with Crippen molar-refractivity contribution in [2.45, 2.75) is 0 Å². The number of nitrogens with one attached hydrogen (secondary N) is 2. The van der Waals surface area contributed by atoms with Crippen molar-refractivity contribution in [3.8, 4) is 0 Å². The molecule has 0 unspecified atom stereocenters. The number of hydrogen-bond donors (Lipinski definition) is 2. The molecule has 0 spiro atoms. The van der Waals surface area contributed by atoms with Gasteiger partial charge in [-0.25, -0.2) is 0 Å². The summed E-state index contributed by atoms with van der Waals surface area (Å²) in [7, 11) is 0. The molecular weight excluding hydrogens is 264 g/mol. The second-order valence-corrected chi connectivity index (χ2v) is 3.81. The van der Waals surface area contributed by atoms with E-state index in [4.69, 9.17) is 4.42 Å². The third-order valence-corrected chi connectivity index (χ3v) is 2.47. The molecule has 0 fully saturated rings. The molecule has 0 aliphatic carbocycles. The molecule has 2 heterocycles. The molecule has 2 rings (SSSR count). The molecule has 1 amide bonds. The summed E-state index contributed by atoms with van der Waals surface area (Å²) in [6.45, 7) is 0.649. The quantitative estimate of drug-likeness (QED) is 0.469. The van der Waals surface area contributed by atoms with E-state index in [1.54, 1.807) is 12.1 Å². The van der Waals surface area contributed by atoms with Crippen LogP contribution in [0.15, 0.2) is 41.3 Å². The molecule has 0 atom stereocenters. The van der Waals surface area contributed by atoms with Gasteiger partial charge in [0.1, 0.15) is 11.9 Å². The molecule has 0 saturated heterocycles. The molecule has 2 N–H and O–H groups in total. The number of carbonyl (C=O) groups is 1. The first-order valence-corrected chi connectivity index (χ1v) is 5.82. The van der Waals surface area contributed by atoms with Crippen LogP contribution in [0.4, 0.5) is 11.4 Å². The smallest absolute Gasteiger partial charge is 0.310 e. The van der Waals surface area contributed by atoms with Crippen molar-refractivity contribution in [3.63, 3.8) is 0 Å². The molecular formula is C12H12N4O4. The molecule has 0 aromatic carbocycles. The number of hydrogen-bond acceptors (Lipinski definition) is 6. The standard InChI is InChI=1S/C12H12N4O4/c17-12(11-2-1-7-20-11)15-6-5-14-9-3-4-13-8-10(9)16(18)19/h1-4,7-8H,5-6H2,(H,13,14)(H,15,17). The van der Waals surface area contributed by atoms with Crippen LogP contribution in [0.25, 0.3) is 0 Å². The zero-order valence-corrected chi connectivity index (χ0v) is 10.4. The predicted octanol–water partition coefficient (Wildman–Crippen LogP) is 1.42. The molecule has 2 aromatic heterocycles. The van der Waals surface area contributed by atoms with Gasteiger partial charge in [-0.1, -0.05) is 0 Å². The van der Waals surface area contributed by atoms with Crippen molar-refractivity contribution in [1.82, 2.24) is 10.3 Å². The van der Waals surface area contributed by atoms with Crippen molar-refractivity contribution in [3.05, 3.63) is 52.7 Å². The van der Waals surface area contributed by atoms with Crippen LogP contribution in [0.1, 0.15) is 10.6 Å². The highest BCUT2D eigenvalue weighted by atomic mass is 16.6. The highest BCUT2D eigenvalue weighted by Gasteiger charge is 2.12. The fraction of sp³-hybridized carbons (Fsp3) is 0.167. The van der Waals surface area contributed by atoms with E-state index in [2.05, 4.69) is 15.6 Å². The van der Waals surface area contributed by atoms with E-state index < -0.39 is 4.92 Å². The number of nitro groups is 1. The Kier molecular flexibility index (Phi) is 4.28. The van der Waals surface area contributed by atoms with Crippen molar-refractivity contribution in [1.29, 1.82) is 0 Å². The molecule has 8 nitrogen and oxygen atoms in total. The lowest BCUT2D eigenvalue weighted by Crippen LogP contribution is -2.28. The fourth-order valence-corrected chi connectivity index (χ4v) is 1.55. The van der Waals surface area contributed by atoms with Gasteiger partial charge in [-0.05, 0) is 18.2 Å². The van der Waals surface area contributed by atoms with Crippen molar-refractivity contribution in [2.75, 3.05) is 18.4 Å². The van der Waals surface area contributed by atoms with Gasteiger partial charge in [0.25, 0.3) is 5.91 Å². The lowest BCUT2D eigenvalue weighted by molar-refractivity contribution is -0.384. The summed E-state index contributed by atoms with van der Waals surface area (Å²) in [4.78, 5) is 25.5. The SMILES string of the molecule is O=C(NCCNc1ccncc1[N+](=O)[O-])c1ccco1. The third kappa shape index (κ3) is 3.31. The number of aromatic nitrogens is 1. The lowest BCUT2D eigenvalue weighted by atomic mass is 10.3. The van der Waals surface area contributed by atoms with Gasteiger partial charge in [0, 0.05) is 19.3 Å². The Morgan fingerprint density at radius 3 is 2.95 bits per heavy atom. The van der Waals surface area contributed by atoms with E-state index in [1.807, 2.05) is 0 Å². The topological polar surface area (TPSA) is 110 Å². The number of carbonyl (C=O) groups excluding carboxylic acids is 1. The summed E-state index contributed by atoms with van der Waals surface area (Å²) in [6, 6.07) is 4.68. The zero-order chi connectivity index (χ0) is 14.4. The summed E-state index contributed by atoms with van der Waals surface area (Å²) in [6.07, 6.45) is 4.04. The molecule has 104 valence electrons. The van der Waals surface area contributed by atoms with Crippen LogP contribution in [0.3, 0.4) is 0 Å². The normalized spacial score (nSPS) is 10.0. The van der Waals surface area contributed by atoms with Crippen LogP contribution in [-0.2, 0) is 0 Å². The fourth-order valence-electron chi connectivity index (χ4n) is 1.55. The van der Waals surface area contributed by atoms with Gasteiger partial charge in [-0.2, -0.15) is 0 Å². The predicted molar refractivity (Wildman–Crippen MR) is 70.4 cm³/mol. The molecule has 0 saturated carbocycles. The summed E-state index contributed by atoms with van der Waals surface area (Å²) >= 11 is 0. The van der Waals surface area contributed by atoms with Crippen LogP contribution < -0.4 is 10.6 Å². The average molecular weight is 276 g/mol. The van der Waals surface area contributed by atoms with Gasteiger partial charge in [0.15, 0.2) is 5.76 Å². The second-order valence-electron chi connectivity index (χ2n) is 3.81. The summed E-state index contributed by atoms with van der Waals surface area (Å²) in [5.41, 5.74) is 0.252. The van der Waals surface area contributed by atoms with Crippen molar-refractivity contribution in [2.24, 2.45) is 0 Å². The van der Waals surface area contributed by atoms with E-state index in [1.165, 1.54) is 24.7 Å². The Balaban J connectivity index is 1.82. The van der Waals surface area contributed by atoms with Gasteiger partial charge in [-0.3, -0.25) is 19.9 Å². The maximum absolute atomic E-state index is 11.5. The van der Waals surface area contributed by atoms with Crippen LogP contribution in [0.5, 0.6) is 0 Å². The molecule has 0 bridgehead atoms. The lowest BCUT2D eigenvalue weighted by Gasteiger charge is -2.07. The van der Waals surface area contributed by atoms with Crippen LogP contribution >= 0.6 is 0 Å². The highest BCUT2D eigenvalue weighted by Crippen LogP contribution is 2.21. The first-order chi connectivity index (χ1) is 9.68. The first-order valence-electron chi connectivity index (χ1n) is 5.82. The summed E-state index contributed by atoms with van der Waals surface area (Å²) < 4.78 is 4.93. The van der Waals surface area contributed by atoms with E-state index in [0.29, 0.717) is 18.8 Å². The Morgan fingerprint density at radius 1 is 1.40 bits per heavy atom. The van der Waals surface area contributed by atoms with Crippen LogP contribution in [0.2, 0.25) is 0 Å². The molecule has 0 aliphatic rings. The molecule has 0 radical (unpaired) electrons.